The molecule has 10 nitrogen and oxygen atoms in total. The highest BCUT2D eigenvalue weighted by atomic mass is 31.2. The Kier molecular flexibility index (Phi) is 4.02. The third kappa shape index (κ3) is 3.40. The second-order valence-corrected chi connectivity index (χ2v) is 6.55. The van der Waals surface area contributed by atoms with Crippen LogP contribution >= 0.6 is 7.60 Å². The number of anilines is 3. The second-order valence-electron chi connectivity index (χ2n) is 4.95. The second kappa shape index (κ2) is 6.00. The predicted molar refractivity (Wildman–Crippen MR) is 89.4 cm³/mol. The molecule has 0 aliphatic rings. The van der Waals surface area contributed by atoms with Crippen LogP contribution in [0.3, 0.4) is 0 Å². The summed E-state index contributed by atoms with van der Waals surface area (Å²) in [5, 5.41) is 2.95. The Morgan fingerprint density at radius 3 is 2.71 bits per heavy atom. The maximum Gasteiger partial charge on any atom is 0.356 e. The lowest BCUT2D eigenvalue weighted by atomic mass is 10.3. The highest BCUT2D eigenvalue weighted by Crippen LogP contribution is 2.33. The number of benzene rings is 1. The Morgan fingerprint density at radius 2 is 1.96 bits per heavy atom. The Hall–Kier alpha value is -2.81. The number of fused-ring (bicyclic) bond motifs is 1. The highest BCUT2D eigenvalue weighted by Gasteiger charge is 2.16. The van der Waals surface area contributed by atoms with Crippen LogP contribution in [0.25, 0.3) is 11.2 Å². The van der Waals surface area contributed by atoms with Crippen LogP contribution in [-0.4, -0.2) is 29.7 Å². The van der Waals surface area contributed by atoms with Gasteiger partial charge in [-0.15, -0.1) is 0 Å². The van der Waals surface area contributed by atoms with E-state index in [-0.39, 0.29) is 23.6 Å². The maximum absolute atomic E-state index is 11.3. The summed E-state index contributed by atoms with van der Waals surface area (Å²) in [5.41, 5.74) is 13.0. The van der Waals surface area contributed by atoms with E-state index in [1.54, 1.807) is 12.1 Å². The molecule has 0 radical (unpaired) electrons. The standard InChI is InChI=1S/C13H14N7O3P/c14-11-10-12(20-13(15)19-11)17-6-8(18-10)5-16-7-2-1-3-9(4-7)24(21,22)23/h1-4,6,16H,5H2,(H2,21,22,23)(H4,14,15,17,19,20). The first-order valence-corrected chi connectivity index (χ1v) is 8.39. The molecule has 2 heterocycles. The Balaban J connectivity index is 1.82. The molecule has 1 aromatic carbocycles. The van der Waals surface area contributed by atoms with Crippen LogP contribution < -0.4 is 22.1 Å². The van der Waals surface area contributed by atoms with E-state index in [2.05, 4.69) is 25.3 Å². The molecule has 24 heavy (non-hydrogen) atoms. The fourth-order valence-electron chi connectivity index (χ4n) is 2.06. The molecule has 3 rings (SSSR count). The fourth-order valence-corrected chi connectivity index (χ4v) is 2.65. The summed E-state index contributed by atoms with van der Waals surface area (Å²) < 4.78 is 11.3. The molecule has 3 aromatic rings. The largest absolute Gasteiger partial charge is 0.382 e. The summed E-state index contributed by atoms with van der Waals surface area (Å²) in [6.07, 6.45) is 1.51. The van der Waals surface area contributed by atoms with Crippen LogP contribution in [-0.2, 0) is 11.1 Å². The molecule has 0 aliphatic heterocycles. The van der Waals surface area contributed by atoms with Crippen molar-refractivity contribution in [3.63, 3.8) is 0 Å². The molecule has 11 heteroatoms. The van der Waals surface area contributed by atoms with Crippen molar-refractivity contribution in [3.05, 3.63) is 36.2 Å². The lowest BCUT2D eigenvalue weighted by Crippen LogP contribution is -2.09. The lowest BCUT2D eigenvalue weighted by molar-refractivity contribution is 0.387. The Bertz CT molecular complexity index is 959. The van der Waals surface area contributed by atoms with Crippen molar-refractivity contribution >= 4 is 41.5 Å². The molecule has 0 spiro atoms. The van der Waals surface area contributed by atoms with Gasteiger partial charge in [0.15, 0.2) is 17.0 Å². The van der Waals surface area contributed by atoms with Crippen LogP contribution in [0.4, 0.5) is 17.5 Å². The van der Waals surface area contributed by atoms with Gasteiger partial charge in [-0.2, -0.15) is 9.97 Å². The Morgan fingerprint density at radius 1 is 1.17 bits per heavy atom. The number of rotatable bonds is 4. The van der Waals surface area contributed by atoms with Crippen molar-refractivity contribution in [2.45, 2.75) is 6.54 Å². The number of nitrogens with zero attached hydrogens (tertiary/aromatic N) is 4. The van der Waals surface area contributed by atoms with E-state index in [0.717, 1.165) is 0 Å². The van der Waals surface area contributed by atoms with E-state index in [4.69, 9.17) is 11.5 Å². The van der Waals surface area contributed by atoms with Crippen LogP contribution in [0, 0.1) is 0 Å². The smallest absolute Gasteiger partial charge is 0.356 e. The van der Waals surface area contributed by atoms with E-state index in [0.29, 0.717) is 22.5 Å². The third-order valence-corrected chi connectivity index (χ3v) is 4.11. The minimum absolute atomic E-state index is 0.0226. The summed E-state index contributed by atoms with van der Waals surface area (Å²) in [6, 6.07) is 5.99. The molecule has 0 aliphatic carbocycles. The van der Waals surface area contributed by atoms with Crippen LogP contribution in [0.15, 0.2) is 30.5 Å². The number of nitrogen functional groups attached to an aromatic ring is 2. The predicted octanol–water partition coefficient (Wildman–Crippen LogP) is -0.000700. The normalized spacial score (nSPS) is 11.6. The van der Waals surface area contributed by atoms with E-state index < -0.39 is 7.60 Å². The SMILES string of the molecule is Nc1nc(N)c2nc(CNc3cccc(P(=O)(O)O)c3)cnc2n1. The minimum Gasteiger partial charge on any atom is -0.382 e. The summed E-state index contributed by atoms with van der Waals surface area (Å²) in [5.74, 6) is 0.157. The van der Waals surface area contributed by atoms with Gasteiger partial charge in [-0.1, -0.05) is 6.07 Å². The number of hydrogen-bond donors (Lipinski definition) is 5. The topological polar surface area (TPSA) is 173 Å². The molecule has 0 saturated heterocycles. The molecule has 0 amide bonds. The van der Waals surface area contributed by atoms with Crippen molar-refractivity contribution in [1.29, 1.82) is 0 Å². The van der Waals surface area contributed by atoms with Crippen molar-refractivity contribution in [1.82, 2.24) is 19.9 Å². The zero-order valence-electron chi connectivity index (χ0n) is 12.3. The van der Waals surface area contributed by atoms with Gasteiger partial charge in [0.25, 0.3) is 0 Å². The van der Waals surface area contributed by atoms with E-state index >= 15 is 0 Å². The fraction of sp³-hybridized carbons (Fsp3) is 0.0769. The van der Waals surface area contributed by atoms with Gasteiger partial charge in [-0.3, -0.25) is 4.57 Å². The molecule has 0 saturated carbocycles. The highest BCUT2D eigenvalue weighted by molar-refractivity contribution is 7.60. The minimum atomic E-state index is -4.30. The molecular weight excluding hydrogens is 333 g/mol. The zero-order chi connectivity index (χ0) is 17.3. The van der Waals surface area contributed by atoms with Gasteiger partial charge in [0.05, 0.1) is 23.7 Å². The number of hydrogen-bond acceptors (Lipinski definition) is 8. The molecule has 2 aromatic heterocycles. The van der Waals surface area contributed by atoms with Crippen molar-refractivity contribution in [2.75, 3.05) is 16.8 Å². The van der Waals surface area contributed by atoms with Gasteiger partial charge in [-0.05, 0) is 18.2 Å². The van der Waals surface area contributed by atoms with Gasteiger partial charge in [0.2, 0.25) is 5.95 Å². The summed E-state index contributed by atoms with van der Waals surface area (Å²) in [4.78, 5) is 34.6. The summed E-state index contributed by atoms with van der Waals surface area (Å²) >= 11 is 0. The maximum atomic E-state index is 11.3. The molecule has 0 fully saturated rings. The van der Waals surface area contributed by atoms with Gasteiger partial charge in [0.1, 0.15) is 0 Å². The van der Waals surface area contributed by atoms with E-state index in [9.17, 15) is 14.4 Å². The average Bonchev–Trinajstić information content (AvgIpc) is 2.52. The Labute approximate surface area is 136 Å². The van der Waals surface area contributed by atoms with Gasteiger partial charge < -0.3 is 26.6 Å². The van der Waals surface area contributed by atoms with Gasteiger partial charge >= 0.3 is 7.60 Å². The molecule has 0 unspecified atom stereocenters. The van der Waals surface area contributed by atoms with Crippen LogP contribution in [0.2, 0.25) is 0 Å². The number of aromatic nitrogens is 4. The van der Waals surface area contributed by atoms with E-state index in [1.807, 2.05) is 0 Å². The van der Waals surface area contributed by atoms with Crippen molar-refractivity contribution in [2.24, 2.45) is 0 Å². The number of nitrogens with two attached hydrogens (primary N) is 2. The zero-order valence-corrected chi connectivity index (χ0v) is 13.2. The van der Waals surface area contributed by atoms with Crippen LogP contribution in [0.1, 0.15) is 5.69 Å². The molecular formula is C13H14N7O3P. The lowest BCUT2D eigenvalue weighted by Gasteiger charge is -2.09. The van der Waals surface area contributed by atoms with Crippen molar-refractivity contribution < 1.29 is 14.4 Å². The van der Waals surface area contributed by atoms with Crippen LogP contribution in [0.5, 0.6) is 0 Å². The van der Waals surface area contributed by atoms with Crippen molar-refractivity contribution in [3.8, 4) is 0 Å². The number of nitrogens with one attached hydrogen (secondary N) is 1. The average molecular weight is 347 g/mol. The van der Waals surface area contributed by atoms with Gasteiger partial charge in [-0.25, -0.2) is 9.97 Å². The summed E-state index contributed by atoms with van der Waals surface area (Å²) in [6.45, 7) is 0.275. The first-order chi connectivity index (χ1) is 11.3. The molecule has 0 atom stereocenters. The monoisotopic (exact) mass is 347 g/mol. The summed E-state index contributed by atoms with van der Waals surface area (Å²) in [7, 11) is -4.30. The molecule has 7 N–H and O–H groups in total. The quantitative estimate of drug-likeness (QED) is 0.404. The van der Waals surface area contributed by atoms with E-state index in [1.165, 1.54) is 18.3 Å². The first-order valence-electron chi connectivity index (χ1n) is 6.77. The third-order valence-electron chi connectivity index (χ3n) is 3.16. The first kappa shape index (κ1) is 16.1. The molecule has 0 bridgehead atoms. The van der Waals surface area contributed by atoms with Gasteiger partial charge in [0, 0.05) is 5.69 Å². The molecule has 124 valence electrons.